The van der Waals surface area contributed by atoms with Crippen molar-refractivity contribution in [3.63, 3.8) is 0 Å². The van der Waals surface area contributed by atoms with Gasteiger partial charge in [-0.1, -0.05) is 12.1 Å². The van der Waals surface area contributed by atoms with Crippen molar-refractivity contribution < 1.29 is 9.53 Å². The Kier molecular flexibility index (Phi) is 2.37. The fourth-order valence-corrected chi connectivity index (χ4v) is 1.61. The lowest BCUT2D eigenvalue weighted by molar-refractivity contribution is 0.187. The van der Waals surface area contributed by atoms with Crippen LogP contribution in [0.1, 0.15) is 11.1 Å². The van der Waals surface area contributed by atoms with Gasteiger partial charge in [0.15, 0.2) is 0 Å². The molecule has 1 aliphatic heterocycles. The first kappa shape index (κ1) is 9.02. The van der Waals surface area contributed by atoms with Gasteiger partial charge in [-0.3, -0.25) is 5.32 Å². The predicted octanol–water partition coefficient (Wildman–Crippen LogP) is 1.47. The molecule has 1 aromatic carbocycles. The number of hydrogen-bond donors (Lipinski definition) is 2. The minimum absolute atomic E-state index is 0.426. The number of hydrogen-bond acceptors (Lipinski definition) is 3. The van der Waals surface area contributed by atoms with Crippen LogP contribution in [0.15, 0.2) is 18.2 Å². The van der Waals surface area contributed by atoms with E-state index >= 15 is 0 Å². The van der Waals surface area contributed by atoms with E-state index in [1.54, 1.807) is 0 Å². The first-order chi connectivity index (χ1) is 6.81. The van der Waals surface area contributed by atoms with Crippen LogP contribution in [0.5, 0.6) is 0 Å². The zero-order chi connectivity index (χ0) is 9.97. The molecule has 2 N–H and O–H groups in total. The van der Waals surface area contributed by atoms with Crippen molar-refractivity contribution in [1.29, 1.82) is 0 Å². The third-order valence-corrected chi connectivity index (χ3v) is 2.31. The van der Waals surface area contributed by atoms with Crippen molar-refractivity contribution in [1.82, 2.24) is 5.32 Å². The van der Waals surface area contributed by atoms with Gasteiger partial charge in [0.1, 0.15) is 0 Å². The monoisotopic (exact) mass is 192 g/mol. The Hall–Kier alpha value is -1.55. The van der Waals surface area contributed by atoms with E-state index in [4.69, 9.17) is 0 Å². The molecule has 1 aliphatic rings. The summed E-state index contributed by atoms with van der Waals surface area (Å²) in [5, 5.41) is 5.92. The zero-order valence-corrected chi connectivity index (χ0v) is 7.96. The second-order valence-electron chi connectivity index (χ2n) is 3.16. The van der Waals surface area contributed by atoms with Crippen molar-refractivity contribution in [2.24, 2.45) is 0 Å². The number of fused-ring (bicyclic) bond motifs is 1. The minimum atomic E-state index is -0.426. The number of ether oxygens (including phenoxy) is 1. The van der Waals surface area contributed by atoms with Gasteiger partial charge in [0, 0.05) is 18.8 Å². The fraction of sp³-hybridized carbons (Fsp3) is 0.300. The smallest absolute Gasteiger partial charge is 0.411 e. The summed E-state index contributed by atoms with van der Waals surface area (Å²) in [5.41, 5.74) is 3.22. The first-order valence-electron chi connectivity index (χ1n) is 4.47. The molecule has 4 heteroatoms. The topological polar surface area (TPSA) is 50.4 Å². The predicted molar refractivity (Wildman–Crippen MR) is 53.0 cm³/mol. The molecule has 0 aromatic heterocycles. The number of carbonyl (C=O) groups excluding carboxylic acids is 1. The van der Waals surface area contributed by atoms with Crippen LogP contribution in [0.3, 0.4) is 0 Å². The van der Waals surface area contributed by atoms with E-state index in [0.717, 1.165) is 24.3 Å². The van der Waals surface area contributed by atoms with Gasteiger partial charge < -0.3 is 10.1 Å². The van der Waals surface area contributed by atoms with E-state index in [2.05, 4.69) is 21.4 Å². The summed E-state index contributed by atoms with van der Waals surface area (Å²) >= 11 is 0. The highest BCUT2D eigenvalue weighted by Gasteiger charge is 2.14. The molecule has 0 radical (unpaired) electrons. The standard InChI is InChI=1S/C10H12N2O2/c1-14-10(13)12-9-4-2-3-7-5-11-6-8(7)9/h2-4,11H,5-6H2,1H3,(H,12,13). The molecular formula is C10H12N2O2. The molecule has 1 aromatic rings. The summed E-state index contributed by atoms with van der Waals surface area (Å²) in [7, 11) is 1.36. The SMILES string of the molecule is COC(=O)Nc1cccc2c1CNC2. The molecule has 0 atom stereocenters. The zero-order valence-electron chi connectivity index (χ0n) is 7.96. The molecule has 0 aliphatic carbocycles. The first-order valence-corrected chi connectivity index (χ1v) is 4.47. The van der Waals surface area contributed by atoms with Gasteiger partial charge in [-0.05, 0) is 17.2 Å². The third-order valence-electron chi connectivity index (χ3n) is 2.31. The van der Waals surface area contributed by atoms with Crippen LogP contribution in [0.25, 0.3) is 0 Å². The third kappa shape index (κ3) is 1.56. The average molecular weight is 192 g/mol. The molecule has 0 spiro atoms. The summed E-state index contributed by atoms with van der Waals surface area (Å²) in [6.45, 7) is 1.67. The average Bonchev–Trinajstić information content (AvgIpc) is 2.66. The number of methoxy groups -OCH3 is 1. The Morgan fingerprint density at radius 3 is 3.14 bits per heavy atom. The molecule has 74 valence electrons. The Labute approximate surface area is 82.3 Å². The van der Waals surface area contributed by atoms with Gasteiger partial charge in [-0.25, -0.2) is 4.79 Å². The Balaban J connectivity index is 2.26. The highest BCUT2D eigenvalue weighted by atomic mass is 16.5. The van der Waals surface area contributed by atoms with Crippen LogP contribution >= 0.6 is 0 Å². The van der Waals surface area contributed by atoms with E-state index in [9.17, 15) is 4.79 Å². The van der Waals surface area contributed by atoms with Crippen LogP contribution in [0, 0.1) is 0 Å². The summed E-state index contributed by atoms with van der Waals surface area (Å²) in [5.74, 6) is 0. The Bertz CT molecular complexity index is 363. The molecule has 1 heterocycles. The maximum Gasteiger partial charge on any atom is 0.411 e. The lowest BCUT2D eigenvalue weighted by atomic mass is 10.1. The maximum atomic E-state index is 11.0. The molecule has 0 saturated heterocycles. The van der Waals surface area contributed by atoms with E-state index in [1.807, 2.05) is 12.1 Å². The Morgan fingerprint density at radius 1 is 1.50 bits per heavy atom. The van der Waals surface area contributed by atoms with Crippen molar-refractivity contribution in [3.05, 3.63) is 29.3 Å². The summed E-state index contributed by atoms with van der Waals surface area (Å²) in [4.78, 5) is 11.0. The maximum absolute atomic E-state index is 11.0. The van der Waals surface area contributed by atoms with E-state index < -0.39 is 6.09 Å². The molecule has 4 nitrogen and oxygen atoms in total. The van der Waals surface area contributed by atoms with Gasteiger partial charge in [0.25, 0.3) is 0 Å². The van der Waals surface area contributed by atoms with Crippen LogP contribution in [-0.2, 0) is 17.8 Å². The number of nitrogens with one attached hydrogen (secondary N) is 2. The van der Waals surface area contributed by atoms with Crippen LogP contribution in [-0.4, -0.2) is 13.2 Å². The van der Waals surface area contributed by atoms with Crippen molar-refractivity contribution in [2.45, 2.75) is 13.1 Å². The lowest BCUT2D eigenvalue weighted by Crippen LogP contribution is -2.12. The molecule has 0 saturated carbocycles. The largest absolute Gasteiger partial charge is 0.453 e. The molecule has 1 amide bonds. The molecule has 0 fully saturated rings. The van der Waals surface area contributed by atoms with Gasteiger partial charge in [-0.15, -0.1) is 0 Å². The number of carbonyl (C=O) groups is 1. The molecule has 0 bridgehead atoms. The summed E-state index contributed by atoms with van der Waals surface area (Å²) in [6.07, 6.45) is -0.426. The molecule has 14 heavy (non-hydrogen) atoms. The van der Waals surface area contributed by atoms with Crippen LogP contribution in [0.4, 0.5) is 10.5 Å². The normalized spacial score (nSPS) is 13.5. The van der Waals surface area contributed by atoms with E-state index in [-0.39, 0.29) is 0 Å². The summed E-state index contributed by atoms with van der Waals surface area (Å²) in [6, 6.07) is 5.86. The number of anilines is 1. The molecule has 2 rings (SSSR count). The van der Waals surface area contributed by atoms with Crippen molar-refractivity contribution in [2.75, 3.05) is 12.4 Å². The Morgan fingerprint density at radius 2 is 2.36 bits per heavy atom. The van der Waals surface area contributed by atoms with E-state index in [1.165, 1.54) is 12.7 Å². The molecular weight excluding hydrogens is 180 g/mol. The lowest BCUT2D eigenvalue weighted by Gasteiger charge is -2.07. The van der Waals surface area contributed by atoms with Crippen molar-refractivity contribution in [3.8, 4) is 0 Å². The summed E-state index contributed by atoms with van der Waals surface area (Å²) < 4.78 is 4.54. The van der Waals surface area contributed by atoms with Gasteiger partial charge in [0.05, 0.1) is 7.11 Å². The second-order valence-corrected chi connectivity index (χ2v) is 3.16. The van der Waals surface area contributed by atoms with Crippen LogP contribution in [0.2, 0.25) is 0 Å². The van der Waals surface area contributed by atoms with Gasteiger partial charge in [-0.2, -0.15) is 0 Å². The van der Waals surface area contributed by atoms with Gasteiger partial charge in [0.2, 0.25) is 0 Å². The highest BCUT2D eigenvalue weighted by Crippen LogP contribution is 2.23. The number of amides is 1. The molecule has 0 unspecified atom stereocenters. The quantitative estimate of drug-likeness (QED) is 0.708. The van der Waals surface area contributed by atoms with Crippen LogP contribution < -0.4 is 10.6 Å². The minimum Gasteiger partial charge on any atom is -0.453 e. The highest BCUT2D eigenvalue weighted by molar-refractivity contribution is 5.86. The fourth-order valence-electron chi connectivity index (χ4n) is 1.61. The van der Waals surface area contributed by atoms with Gasteiger partial charge >= 0.3 is 6.09 Å². The van der Waals surface area contributed by atoms with Crippen molar-refractivity contribution >= 4 is 11.8 Å². The number of rotatable bonds is 1. The second kappa shape index (κ2) is 3.67. The van der Waals surface area contributed by atoms with E-state index in [0.29, 0.717) is 0 Å². The number of benzene rings is 1.